The molecule has 0 aliphatic heterocycles. The second-order valence-corrected chi connectivity index (χ2v) is 7.77. The van der Waals surface area contributed by atoms with Crippen molar-refractivity contribution < 1.29 is 19.1 Å². The largest absolute Gasteiger partial charge is 0.493 e. The maximum absolute atomic E-state index is 12.8. The van der Waals surface area contributed by atoms with Gasteiger partial charge in [-0.05, 0) is 55.2 Å². The van der Waals surface area contributed by atoms with Crippen molar-refractivity contribution in [1.29, 1.82) is 0 Å². The molecule has 0 spiro atoms. The monoisotopic (exact) mass is 446 g/mol. The van der Waals surface area contributed by atoms with Crippen molar-refractivity contribution in [3.63, 3.8) is 0 Å². The van der Waals surface area contributed by atoms with Crippen LogP contribution in [0.3, 0.4) is 0 Å². The average Bonchev–Trinajstić information content (AvgIpc) is 2.83. The molecule has 33 heavy (non-hydrogen) atoms. The summed E-state index contributed by atoms with van der Waals surface area (Å²) in [6, 6.07) is 20.9. The number of rotatable bonds is 10. The van der Waals surface area contributed by atoms with Crippen LogP contribution in [0.2, 0.25) is 0 Å². The topological polar surface area (TPSA) is 76.7 Å². The number of benzene rings is 3. The van der Waals surface area contributed by atoms with Crippen molar-refractivity contribution in [3.05, 3.63) is 89.0 Å². The van der Waals surface area contributed by atoms with Gasteiger partial charge in [0.2, 0.25) is 5.91 Å². The molecule has 0 heterocycles. The molecule has 6 nitrogen and oxygen atoms in total. The Balaban J connectivity index is 1.55. The fourth-order valence-electron chi connectivity index (χ4n) is 3.47. The van der Waals surface area contributed by atoms with Gasteiger partial charge in [-0.25, -0.2) is 0 Å². The predicted octanol–water partition coefficient (Wildman–Crippen LogP) is 4.56. The fourth-order valence-corrected chi connectivity index (χ4v) is 3.47. The molecule has 6 heteroatoms. The van der Waals surface area contributed by atoms with Crippen LogP contribution in [0, 0.1) is 6.92 Å². The Morgan fingerprint density at radius 3 is 2.24 bits per heavy atom. The Hall–Kier alpha value is -3.80. The van der Waals surface area contributed by atoms with Crippen LogP contribution in [-0.4, -0.2) is 32.6 Å². The first-order valence-corrected chi connectivity index (χ1v) is 10.9. The van der Waals surface area contributed by atoms with Gasteiger partial charge < -0.3 is 20.1 Å². The summed E-state index contributed by atoms with van der Waals surface area (Å²) < 4.78 is 10.6. The molecule has 0 saturated heterocycles. The number of aryl methyl sites for hydroxylation is 2. The summed E-state index contributed by atoms with van der Waals surface area (Å²) in [5.74, 6) is 0.961. The highest BCUT2D eigenvalue weighted by molar-refractivity contribution is 6.03. The zero-order valence-electron chi connectivity index (χ0n) is 19.3. The number of methoxy groups -OCH3 is 2. The van der Waals surface area contributed by atoms with Gasteiger partial charge in [-0.2, -0.15) is 0 Å². The van der Waals surface area contributed by atoms with Crippen LogP contribution in [0.4, 0.5) is 5.69 Å². The van der Waals surface area contributed by atoms with Crippen LogP contribution in [0.5, 0.6) is 11.5 Å². The van der Waals surface area contributed by atoms with Crippen LogP contribution in [0.15, 0.2) is 66.7 Å². The van der Waals surface area contributed by atoms with E-state index in [0.29, 0.717) is 48.6 Å². The van der Waals surface area contributed by atoms with Crippen molar-refractivity contribution in [2.45, 2.75) is 26.2 Å². The van der Waals surface area contributed by atoms with Crippen LogP contribution in [-0.2, 0) is 17.6 Å². The van der Waals surface area contributed by atoms with Crippen molar-refractivity contribution in [3.8, 4) is 11.5 Å². The average molecular weight is 447 g/mol. The lowest BCUT2D eigenvalue weighted by atomic mass is 10.1. The molecule has 0 aliphatic rings. The summed E-state index contributed by atoms with van der Waals surface area (Å²) in [4.78, 5) is 25.2. The quantitative estimate of drug-likeness (QED) is 0.479. The first-order chi connectivity index (χ1) is 16.0. The second-order valence-electron chi connectivity index (χ2n) is 7.77. The summed E-state index contributed by atoms with van der Waals surface area (Å²) in [5.41, 5.74) is 4.26. The van der Waals surface area contributed by atoms with E-state index in [1.54, 1.807) is 38.5 Å². The minimum Gasteiger partial charge on any atom is -0.493 e. The van der Waals surface area contributed by atoms with Crippen LogP contribution < -0.4 is 20.1 Å². The number of hydrogen-bond acceptors (Lipinski definition) is 4. The molecule has 3 aromatic carbocycles. The first kappa shape index (κ1) is 23.9. The minimum atomic E-state index is -0.232. The van der Waals surface area contributed by atoms with E-state index in [0.717, 1.165) is 11.1 Å². The third-order valence-electron chi connectivity index (χ3n) is 5.35. The highest BCUT2D eigenvalue weighted by atomic mass is 16.5. The van der Waals surface area contributed by atoms with Gasteiger partial charge in [0.05, 0.1) is 25.5 Å². The molecule has 0 bridgehead atoms. The van der Waals surface area contributed by atoms with E-state index in [-0.39, 0.29) is 11.8 Å². The van der Waals surface area contributed by atoms with Gasteiger partial charge in [-0.1, -0.05) is 48.0 Å². The summed E-state index contributed by atoms with van der Waals surface area (Å²) in [6.45, 7) is 2.48. The Morgan fingerprint density at radius 2 is 1.52 bits per heavy atom. The zero-order chi connectivity index (χ0) is 23.6. The number of carbonyl (C=O) groups is 2. The van der Waals surface area contributed by atoms with Crippen LogP contribution in [0.25, 0.3) is 0 Å². The Labute approximate surface area is 194 Å². The normalized spacial score (nSPS) is 10.4. The van der Waals surface area contributed by atoms with Crippen molar-refractivity contribution >= 4 is 17.5 Å². The molecule has 3 rings (SSSR count). The molecule has 3 aromatic rings. The van der Waals surface area contributed by atoms with Gasteiger partial charge in [0.15, 0.2) is 11.5 Å². The number of anilines is 1. The Kier molecular flexibility index (Phi) is 8.47. The molecule has 172 valence electrons. The number of nitrogens with one attached hydrogen (secondary N) is 2. The molecule has 0 fully saturated rings. The SMILES string of the molecule is COc1ccc(CCNC(=O)c2ccccc2NC(=O)CCc2ccc(C)cc2)cc1OC. The number of carbonyl (C=O) groups excluding carboxylic acids is 2. The molecule has 0 radical (unpaired) electrons. The Morgan fingerprint density at radius 1 is 0.818 bits per heavy atom. The third kappa shape index (κ3) is 6.84. The Bertz CT molecular complexity index is 1090. The highest BCUT2D eigenvalue weighted by Gasteiger charge is 2.13. The third-order valence-corrected chi connectivity index (χ3v) is 5.35. The first-order valence-electron chi connectivity index (χ1n) is 10.9. The lowest BCUT2D eigenvalue weighted by Gasteiger charge is -2.12. The summed E-state index contributed by atoms with van der Waals surface area (Å²) >= 11 is 0. The molecular formula is C27H30N2O4. The number of amides is 2. The standard InChI is InChI=1S/C27H30N2O4/c1-19-8-10-20(11-9-19)13-15-26(30)29-23-7-5-4-6-22(23)27(31)28-17-16-21-12-14-24(32-2)25(18-21)33-3/h4-12,14,18H,13,15-17H2,1-3H3,(H,28,31)(H,29,30). The van der Waals surface area contributed by atoms with Gasteiger partial charge in [-0.15, -0.1) is 0 Å². The molecule has 0 unspecified atom stereocenters. The number of para-hydroxylation sites is 1. The maximum Gasteiger partial charge on any atom is 0.253 e. The van der Waals surface area contributed by atoms with Gasteiger partial charge in [0, 0.05) is 13.0 Å². The number of hydrogen-bond donors (Lipinski definition) is 2. The fraction of sp³-hybridized carbons (Fsp3) is 0.259. The smallest absolute Gasteiger partial charge is 0.253 e. The minimum absolute atomic E-state index is 0.124. The summed E-state index contributed by atoms with van der Waals surface area (Å²) in [6.07, 6.45) is 1.63. The van der Waals surface area contributed by atoms with Gasteiger partial charge in [0.1, 0.15) is 0 Å². The van der Waals surface area contributed by atoms with E-state index in [9.17, 15) is 9.59 Å². The highest BCUT2D eigenvalue weighted by Crippen LogP contribution is 2.27. The molecular weight excluding hydrogens is 416 g/mol. The zero-order valence-corrected chi connectivity index (χ0v) is 19.3. The lowest BCUT2D eigenvalue weighted by molar-refractivity contribution is -0.116. The summed E-state index contributed by atoms with van der Waals surface area (Å²) in [7, 11) is 3.19. The van der Waals surface area contributed by atoms with Crippen LogP contribution >= 0.6 is 0 Å². The lowest BCUT2D eigenvalue weighted by Crippen LogP contribution is -2.27. The maximum atomic E-state index is 12.8. The van der Waals surface area contributed by atoms with Gasteiger partial charge in [-0.3, -0.25) is 9.59 Å². The van der Waals surface area contributed by atoms with E-state index in [4.69, 9.17) is 9.47 Å². The van der Waals surface area contributed by atoms with Crippen molar-refractivity contribution in [2.75, 3.05) is 26.1 Å². The van der Waals surface area contributed by atoms with E-state index in [1.807, 2.05) is 49.4 Å². The van der Waals surface area contributed by atoms with Gasteiger partial charge >= 0.3 is 0 Å². The second kappa shape index (κ2) is 11.7. The summed E-state index contributed by atoms with van der Waals surface area (Å²) in [5, 5.41) is 5.81. The van der Waals surface area contributed by atoms with Crippen molar-refractivity contribution in [2.24, 2.45) is 0 Å². The van der Waals surface area contributed by atoms with Crippen LogP contribution in [0.1, 0.15) is 33.5 Å². The molecule has 0 aliphatic carbocycles. The van der Waals surface area contributed by atoms with E-state index in [1.165, 1.54) is 5.56 Å². The van der Waals surface area contributed by atoms with Crippen molar-refractivity contribution in [1.82, 2.24) is 5.32 Å². The molecule has 2 amide bonds. The predicted molar refractivity (Wildman–Crippen MR) is 130 cm³/mol. The number of ether oxygens (including phenoxy) is 2. The molecule has 2 N–H and O–H groups in total. The van der Waals surface area contributed by atoms with Gasteiger partial charge in [0.25, 0.3) is 5.91 Å². The van der Waals surface area contributed by atoms with E-state index >= 15 is 0 Å². The molecule has 0 saturated carbocycles. The molecule has 0 aromatic heterocycles. The van der Waals surface area contributed by atoms with E-state index in [2.05, 4.69) is 10.6 Å². The van der Waals surface area contributed by atoms with E-state index < -0.39 is 0 Å². The molecule has 0 atom stereocenters.